The largest absolute Gasteiger partial charge is 0.366 e. The molecule has 0 aliphatic carbocycles. The predicted octanol–water partition coefficient (Wildman–Crippen LogP) is 0.891. The normalized spacial score (nSPS) is 39.3. The molecule has 4 saturated heterocycles. The van der Waals surface area contributed by atoms with Crippen molar-refractivity contribution in [3.05, 3.63) is 28.8 Å². The van der Waals surface area contributed by atoms with E-state index < -0.39 is 39.6 Å². The lowest BCUT2D eigenvalue weighted by Crippen LogP contribution is -2.62. The van der Waals surface area contributed by atoms with Crippen molar-refractivity contribution in [3.8, 4) is 6.07 Å². The lowest BCUT2D eigenvalue weighted by atomic mass is 9.64. The van der Waals surface area contributed by atoms with Gasteiger partial charge in [0.2, 0.25) is 5.91 Å². The van der Waals surface area contributed by atoms with Gasteiger partial charge in [-0.15, -0.1) is 0 Å². The second-order valence-electron chi connectivity index (χ2n) is 8.45. The summed E-state index contributed by atoms with van der Waals surface area (Å²) in [6, 6.07) is 6.40. The summed E-state index contributed by atoms with van der Waals surface area (Å²) >= 11 is 6.21. The maximum Gasteiger partial charge on any atom is 0.277 e. The molecule has 4 aliphatic heterocycles. The molecule has 160 valence electrons. The van der Waals surface area contributed by atoms with Gasteiger partial charge in [-0.1, -0.05) is 11.6 Å². The molecular weight excluding hydrogens is 432 g/mol. The number of ether oxygens (including phenoxy) is 2. The van der Waals surface area contributed by atoms with E-state index in [0.717, 1.165) is 0 Å². The Bertz CT molecular complexity index is 1090. The summed E-state index contributed by atoms with van der Waals surface area (Å²) < 4.78 is 41.9. The van der Waals surface area contributed by atoms with Gasteiger partial charge in [0.25, 0.3) is 10.2 Å². The maximum absolute atomic E-state index is 13.5. The Morgan fingerprint density at radius 1 is 1.40 bits per heavy atom. The Morgan fingerprint density at radius 3 is 2.83 bits per heavy atom. The molecule has 0 aromatic heterocycles. The van der Waals surface area contributed by atoms with Crippen molar-refractivity contribution >= 4 is 33.4 Å². The number of hydrogen-bond acceptors (Lipinski definition) is 6. The molecule has 0 unspecified atom stereocenters. The minimum Gasteiger partial charge on any atom is -0.366 e. The molecule has 2 bridgehead atoms. The van der Waals surface area contributed by atoms with Crippen molar-refractivity contribution in [1.29, 1.82) is 5.26 Å². The van der Waals surface area contributed by atoms with Crippen LogP contribution < -0.4 is 14.3 Å². The summed E-state index contributed by atoms with van der Waals surface area (Å²) in [6.45, 7) is 2.20. The van der Waals surface area contributed by atoms with E-state index in [2.05, 4.69) is 9.44 Å². The first-order chi connectivity index (χ1) is 14.2. The third kappa shape index (κ3) is 2.54. The van der Waals surface area contributed by atoms with Gasteiger partial charge < -0.3 is 9.47 Å². The molecule has 4 heterocycles. The number of carbonyl (C=O) groups excluding carboxylic acids is 1. The third-order valence-electron chi connectivity index (χ3n) is 6.97. The molecule has 0 radical (unpaired) electrons. The average molecular weight is 453 g/mol. The first kappa shape index (κ1) is 20.2. The highest BCUT2D eigenvalue weighted by Crippen LogP contribution is 2.65. The lowest BCUT2D eigenvalue weighted by molar-refractivity contribution is -0.143. The van der Waals surface area contributed by atoms with Crippen molar-refractivity contribution < 1.29 is 22.7 Å². The van der Waals surface area contributed by atoms with Crippen molar-refractivity contribution in [2.24, 2.45) is 11.8 Å². The number of nitrogens with zero attached hydrogens (tertiary/aromatic N) is 2. The molecule has 1 aromatic rings. The number of rotatable bonds is 4. The van der Waals surface area contributed by atoms with E-state index >= 15 is 0 Å². The topological polar surface area (TPSA) is 121 Å². The van der Waals surface area contributed by atoms with Crippen LogP contribution in [0.4, 0.5) is 5.69 Å². The van der Waals surface area contributed by atoms with E-state index in [1.165, 1.54) is 7.05 Å². The predicted molar refractivity (Wildman–Crippen MR) is 107 cm³/mol. The SMILES string of the molecule is CNS(=O)(=O)N[C@H]1C[C@@]2(C)O[C@@]13CCO[C@H]1[C@@H]3[C@@H]2C(=O)N1c1ccc(C#N)c(Cl)c1. The van der Waals surface area contributed by atoms with E-state index in [4.69, 9.17) is 26.3 Å². The Morgan fingerprint density at radius 2 is 2.17 bits per heavy atom. The molecule has 4 fully saturated rings. The fraction of sp³-hybridized carbons (Fsp3) is 0.579. The minimum atomic E-state index is -3.68. The number of halogens is 1. The zero-order valence-corrected chi connectivity index (χ0v) is 18.0. The van der Waals surface area contributed by atoms with Gasteiger partial charge in [-0.3, -0.25) is 9.69 Å². The summed E-state index contributed by atoms with van der Waals surface area (Å²) in [5.41, 5.74) is -0.756. The fourth-order valence-corrected chi connectivity index (χ4v) is 6.84. The smallest absolute Gasteiger partial charge is 0.277 e. The van der Waals surface area contributed by atoms with Crippen molar-refractivity contribution in [2.75, 3.05) is 18.6 Å². The molecule has 1 amide bonds. The summed E-state index contributed by atoms with van der Waals surface area (Å²) in [5, 5.41) is 9.40. The fourth-order valence-electron chi connectivity index (χ4n) is 5.85. The van der Waals surface area contributed by atoms with Gasteiger partial charge in [-0.05, 0) is 31.5 Å². The Balaban J connectivity index is 1.57. The minimum absolute atomic E-state index is 0.132. The van der Waals surface area contributed by atoms with Crippen LogP contribution in [0.3, 0.4) is 0 Å². The molecule has 0 saturated carbocycles. The first-order valence-electron chi connectivity index (χ1n) is 9.71. The number of fused-ring (bicyclic) bond motifs is 2. The Labute approximate surface area is 179 Å². The highest BCUT2D eigenvalue weighted by Gasteiger charge is 2.78. The Kier molecular flexibility index (Phi) is 4.29. The molecular formula is C19H21ClN4O5S. The molecule has 6 atom stereocenters. The van der Waals surface area contributed by atoms with E-state index in [0.29, 0.717) is 30.7 Å². The molecule has 2 N–H and O–H groups in total. The highest BCUT2D eigenvalue weighted by molar-refractivity contribution is 7.87. The van der Waals surface area contributed by atoms with Gasteiger partial charge in [0.1, 0.15) is 12.3 Å². The average Bonchev–Trinajstić information content (AvgIpc) is 3.25. The third-order valence-corrected chi connectivity index (χ3v) is 8.41. The number of hydrogen-bond donors (Lipinski definition) is 2. The van der Waals surface area contributed by atoms with Crippen molar-refractivity contribution in [3.63, 3.8) is 0 Å². The summed E-state index contributed by atoms with van der Waals surface area (Å²) in [5.74, 6) is -0.906. The van der Waals surface area contributed by atoms with E-state index in [1.807, 2.05) is 13.0 Å². The van der Waals surface area contributed by atoms with Gasteiger partial charge in [-0.25, -0.2) is 4.72 Å². The molecule has 1 aromatic carbocycles. The standard InChI is InChI=1S/C19H21ClN4O5S/c1-18-8-13(23-30(26,27)22-2)19(29-18)5-6-28-17-15(19)14(18)16(25)24(17)11-4-3-10(9-21)12(20)7-11/h3-4,7,13-15,17,22-23H,5-6,8H2,1-2H3/t13-,14+,15-,17-,18+,19-/m0/s1. The van der Waals surface area contributed by atoms with Crippen LogP contribution in [0.2, 0.25) is 5.02 Å². The van der Waals surface area contributed by atoms with E-state index in [1.54, 1.807) is 23.1 Å². The second kappa shape index (κ2) is 6.38. The van der Waals surface area contributed by atoms with Crippen molar-refractivity contribution in [1.82, 2.24) is 9.44 Å². The number of carbonyl (C=O) groups is 1. The number of nitriles is 1. The van der Waals surface area contributed by atoms with Crippen LogP contribution in [0, 0.1) is 23.2 Å². The number of nitrogens with one attached hydrogen (secondary N) is 2. The zero-order valence-electron chi connectivity index (χ0n) is 16.4. The van der Waals surface area contributed by atoms with Gasteiger partial charge in [0.05, 0.1) is 40.4 Å². The molecule has 4 aliphatic rings. The number of benzene rings is 1. The second-order valence-corrected chi connectivity index (χ2v) is 10.5. The number of amides is 1. The first-order valence-corrected chi connectivity index (χ1v) is 11.6. The monoisotopic (exact) mass is 452 g/mol. The molecule has 11 heteroatoms. The van der Waals surface area contributed by atoms with Gasteiger partial charge in [0, 0.05) is 25.1 Å². The molecule has 9 nitrogen and oxygen atoms in total. The summed E-state index contributed by atoms with van der Waals surface area (Å²) in [6.07, 6.45) is 0.297. The summed E-state index contributed by atoms with van der Waals surface area (Å²) in [7, 11) is -2.33. The van der Waals surface area contributed by atoms with Crippen molar-refractivity contribution in [2.45, 2.75) is 43.2 Å². The van der Waals surface area contributed by atoms with Crippen LogP contribution in [0.25, 0.3) is 0 Å². The molecule has 30 heavy (non-hydrogen) atoms. The van der Waals surface area contributed by atoms with Crippen LogP contribution in [-0.4, -0.2) is 51.5 Å². The van der Waals surface area contributed by atoms with Crippen LogP contribution in [0.15, 0.2) is 18.2 Å². The highest BCUT2D eigenvalue weighted by atomic mass is 35.5. The Hall–Kier alpha value is -1.74. The van der Waals surface area contributed by atoms with Gasteiger partial charge in [0.15, 0.2) is 0 Å². The lowest BCUT2D eigenvalue weighted by Gasteiger charge is -2.45. The maximum atomic E-state index is 13.5. The van der Waals surface area contributed by atoms with Crippen LogP contribution >= 0.6 is 11.6 Å². The van der Waals surface area contributed by atoms with Gasteiger partial charge in [-0.2, -0.15) is 18.4 Å². The van der Waals surface area contributed by atoms with E-state index in [9.17, 15) is 13.2 Å². The molecule has 1 spiro atoms. The number of anilines is 1. The molecule has 5 rings (SSSR count). The van der Waals surface area contributed by atoms with E-state index in [-0.39, 0.29) is 16.8 Å². The van der Waals surface area contributed by atoms with Gasteiger partial charge >= 0.3 is 0 Å². The van der Waals surface area contributed by atoms with Crippen LogP contribution in [0.5, 0.6) is 0 Å². The summed E-state index contributed by atoms with van der Waals surface area (Å²) in [4.78, 5) is 15.1. The quantitative estimate of drug-likeness (QED) is 0.699. The zero-order chi connectivity index (χ0) is 21.5. The van der Waals surface area contributed by atoms with Crippen LogP contribution in [-0.2, 0) is 24.5 Å². The van der Waals surface area contributed by atoms with Crippen LogP contribution in [0.1, 0.15) is 25.3 Å².